The zero-order valence-corrected chi connectivity index (χ0v) is 10.4. The smallest absolute Gasteiger partial charge is 0.371 e. The van der Waals surface area contributed by atoms with Crippen molar-refractivity contribution in [2.75, 3.05) is 0 Å². The molecule has 20 heavy (non-hydrogen) atoms. The van der Waals surface area contributed by atoms with Crippen molar-refractivity contribution in [2.24, 2.45) is 0 Å². The number of carboxylic acid groups (broad SMARTS) is 1. The SMILES string of the molecule is O=C(O)c1ccc(COc2cccc3ncccc23)o1. The second-order valence-electron chi connectivity index (χ2n) is 4.19. The van der Waals surface area contributed by atoms with E-state index in [1.54, 1.807) is 12.3 Å². The van der Waals surface area contributed by atoms with Gasteiger partial charge in [-0.1, -0.05) is 6.07 Å². The fourth-order valence-electron chi connectivity index (χ4n) is 1.92. The third-order valence-electron chi connectivity index (χ3n) is 2.85. The molecule has 0 radical (unpaired) electrons. The van der Waals surface area contributed by atoms with Gasteiger partial charge in [-0.15, -0.1) is 0 Å². The molecule has 0 amide bonds. The van der Waals surface area contributed by atoms with Crippen LogP contribution in [0.15, 0.2) is 53.1 Å². The molecule has 0 atom stereocenters. The lowest BCUT2D eigenvalue weighted by atomic mass is 10.2. The van der Waals surface area contributed by atoms with Gasteiger partial charge in [-0.2, -0.15) is 0 Å². The summed E-state index contributed by atoms with van der Waals surface area (Å²) in [5.41, 5.74) is 0.843. The molecule has 3 aromatic rings. The average molecular weight is 269 g/mol. The summed E-state index contributed by atoms with van der Waals surface area (Å²) in [5, 5.41) is 9.68. The van der Waals surface area contributed by atoms with E-state index in [9.17, 15) is 4.79 Å². The summed E-state index contributed by atoms with van der Waals surface area (Å²) in [7, 11) is 0. The summed E-state index contributed by atoms with van der Waals surface area (Å²) in [6.07, 6.45) is 1.72. The predicted octanol–water partition coefficient (Wildman–Crippen LogP) is 3.11. The van der Waals surface area contributed by atoms with Crippen LogP contribution in [0.4, 0.5) is 0 Å². The van der Waals surface area contributed by atoms with Gasteiger partial charge < -0.3 is 14.3 Å². The lowest BCUT2D eigenvalue weighted by Crippen LogP contribution is -1.96. The number of rotatable bonds is 4. The molecule has 5 heteroatoms. The van der Waals surface area contributed by atoms with Gasteiger partial charge in [-0.25, -0.2) is 4.79 Å². The Hall–Kier alpha value is -2.82. The predicted molar refractivity (Wildman–Crippen MR) is 71.7 cm³/mol. The van der Waals surface area contributed by atoms with E-state index in [4.69, 9.17) is 14.3 Å². The Morgan fingerprint density at radius 1 is 1.20 bits per heavy atom. The van der Waals surface area contributed by atoms with Gasteiger partial charge in [0.2, 0.25) is 5.76 Å². The minimum atomic E-state index is -1.09. The first-order valence-electron chi connectivity index (χ1n) is 6.02. The van der Waals surface area contributed by atoms with Crippen molar-refractivity contribution in [3.8, 4) is 5.75 Å². The van der Waals surface area contributed by atoms with Crippen molar-refractivity contribution >= 4 is 16.9 Å². The van der Waals surface area contributed by atoms with E-state index in [1.165, 1.54) is 6.07 Å². The molecule has 0 unspecified atom stereocenters. The van der Waals surface area contributed by atoms with E-state index in [0.717, 1.165) is 10.9 Å². The lowest BCUT2D eigenvalue weighted by Gasteiger charge is -2.07. The van der Waals surface area contributed by atoms with E-state index in [2.05, 4.69) is 4.98 Å². The molecule has 0 aliphatic rings. The summed E-state index contributed by atoms with van der Waals surface area (Å²) in [4.78, 5) is 15.0. The van der Waals surface area contributed by atoms with Gasteiger partial charge in [0.25, 0.3) is 0 Å². The minimum Gasteiger partial charge on any atom is -0.485 e. The number of nitrogens with zero attached hydrogens (tertiary/aromatic N) is 1. The summed E-state index contributed by atoms with van der Waals surface area (Å²) >= 11 is 0. The molecule has 5 nitrogen and oxygen atoms in total. The third-order valence-corrected chi connectivity index (χ3v) is 2.85. The summed E-state index contributed by atoms with van der Waals surface area (Å²) < 4.78 is 10.8. The highest BCUT2D eigenvalue weighted by Crippen LogP contribution is 2.24. The zero-order chi connectivity index (χ0) is 13.9. The van der Waals surface area contributed by atoms with Crippen molar-refractivity contribution in [2.45, 2.75) is 6.61 Å². The molecule has 0 saturated heterocycles. The van der Waals surface area contributed by atoms with Crippen molar-refractivity contribution in [1.82, 2.24) is 4.98 Å². The number of aromatic carboxylic acids is 1. The van der Waals surface area contributed by atoms with Crippen LogP contribution in [0.3, 0.4) is 0 Å². The van der Waals surface area contributed by atoms with Crippen molar-refractivity contribution < 1.29 is 19.1 Å². The van der Waals surface area contributed by atoms with Crippen LogP contribution in [0.5, 0.6) is 5.75 Å². The average Bonchev–Trinajstić information content (AvgIpc) is 2.94. The largest absolute Gasteiger partial charge is 0.485 e. The van der Waals surface area contributed by atoms with Gasteiger partial charge in [0, 0.05) is 11.6 Å². The highest BCUT2D eigenvalue weighted by Gasteiger charge is 2.10. The van der Waals surface area contributed by atoms with Gasteiger partial charge in [0.15, 0.2) is 0 Å². The van der Waals surface area contributed by atoms with E-state index >= 15 is 0 Å². The second kappa shape index (κ2) is 5.05. The van der Waals surface area contributed by atoms with E-state index in [0.29, 0.717) is 11.5 Å². The van der Waals surface area contributed by atoms with E-state index < -0.39 is 5.97 Å². The normalized spacial score (nSPS) is 10.6. The summed E-state index contributed by atoms with van der Waals surface area (Å²) in [5.74, 6) is -0.0408. The Morgan fingerprint density at radius 2 is 2.10 bits per heavy atom. The monoisotopic (exact) mass is 269 g/mol. The van der Waals surface area contributed by atoms with Crippen LogP contribution in [0.25, 0.3) is 10.9 Å². The van der Waals surface area contributed by atoms with Gasteiger partial charge >= 0.3 is 5.97 Å². The summed E-state index contributed by atoms with van der Waals surface area (Å²) in [6, 6.07) is 12.4. The molecule has 1 N–H and O–H groups in total. The number of carbonyl (C=O) groups is 1. The van der Waals surface area contributed by atoms with Crippen LogP contribution in [-0.4, -0.2) is 16.1 Å². The number of aromatic nitrogens is 1. The standard InChI is InChI=1S/C15H11NO4/c17-15(18)14-7-6-10(20-14)9-19-13-5-1-4-12-11(13)3-2-8-16-12/h1-8H,9H2,(H,17,18). The molecule has 1 aromatic carbocycles. The molecule has 0 saturated carbocycles. The van der Waals surface area contributed by atoms with Crippen LogP contribution in [0, 0.1) is 0 Å². The Balaban J connectivity index is 1.81. The molecule has 3 rings (SSSR count). The lowest BCUT2D eigenvalue weighted by molar-refractivity contribution is 0.0658. The molecule has 2 aromatic heterocycles. The number of pyridine rings is 1. The van der Waals surface area contributed by atoms with Crippen molar-refractivity contribution in [1.29, 1.82) is 0 Å². The van der Waals surface area contributed by atoms with Crippen LogP contribution in [0.2, 0.25) is 0 Å². The maximum Gasteiger partial charge on any atom is 0.371 e. The highest BCUT2D eigenvalue weighted by atomic mass is 16.5. The Kier molecular flexibility index (Phi) is 3.09. The van der Waals surface area contributed by atoms with Gasteiger partial charge in [0.05, 0.1) is 5.52 Å². The fourth-order valence-corrected chi connectivity index (χ4v) is 1.92. The fraction of sp³-hybridized carbons (Fsp3) is 0.0667. The molecule has 0 spiro atoms. The maximum atomic E-state index is 10.7. The maximum absolute atomic E-state index is 10.7. The Bertz CT molecular complexity index is 758. The second-order valence-corrected chi connectivity index (χ2v) is 4.19. The molecular formula is C15H11NO4. The van der Waals surface area contributed by atoms with Gasteiger partial charge in [0.1, 0.15) is 18.1 Å². The number of hydrogen-bond donors (Lipinski definition) is 1. The first-order valence-corrected chi connectivity index (χ1v) is 6.02. The van der Waals surface area contributed by atoms with E-state index in [-0.39, 0.29) is 12.4 Å². The van der Waals surface area contributed by atoms with Crippen LogP contribution in [-0.2, 0) is 6.61 Å². The number of benzene rings is 1. The number of hydrogen-bond acceptors (Lipinski definition) is 4. The molecular weight excluding hydrogens is 258 g/mol. The van der Waals surface area contributed by atoms with Crippen molar-refractivity contribution in [3.05, 3.63) is 60.2 Å². The van der Waals surface area contributed by atoms with E-state index in [1.807, 2.05) is 30.3 Å². The molecule has 2 heterocycles. The summed E-state index contributed by atoms with van der Waals surface area (Å²) in [6.45, 7) is 0.168. The number of fused-ring (bicyclic) bond motifs is 1. The van der Waals surface area contributed by atoms with Gasteiger partial charge in [-0.05, 0) is 36.4 Å². The molecule has 0 aliphatic carbocycles. The highest BCUT2D eigenvalue weighted by molar-refractivity contribution is 5.85. The van der Waals surface area contributed by atoms with Crippen molar-refractivity contribution in [3.63, 3.8) is 0 Å². The third kappa shape index (κ3) is 2.33. The molecule has 0 bridgehead atoms. The van der Waals surface area contributed by atoms with Crippen LogP contribution >= 0.6 is 0 Å². The van der Waals surface area contributed by atoms with Crippen LogP contribution < -0.4 is 4.74 Å². The zero-order valence-electron chi connectivity index (χ0n) is 10.4. The molecule has 0 fully saturated rings. The quantitative estimate of drug-likeness (QED) is 0.787. The topological polar surface area (TPSA) is 72.6 Å². The Labute approximate surface area is 114 Å². The minimum absolute atomic E-state index is 0.0943. The van der Waals surface area contributed by atoms with Gasteiger partial charge in [-0.3, -0.25) is 4.98 Å². The first-order chi connectivity index (χ1) is 9.74. The number of furan rings is 1. The molecule has 0 aliphatic heterocycles. The first kappa shape index (κ1) is 12.2. The number of carboxylic acids is 1. The number of ether oxygens (including phenoxy) is 1. The van der Waals surface area contributed by atoms with Crippen LogP contribution in [0.1, 0.15) is 16.3 Å². The Morgan fingerprint density at radius 3 is 2.90 bits per heavy atom. The molecule has 100 valence electrons.